The van der Waals surface area contributed by atoms with Crippen molar-refractivity contribution < 1.29 is 13.2 Å². The summed E-state index contributed by atoms with van der Waals surface area (Å²) in [7, 11) is 0. The maximum Gasteiger partial charge on any atom is 0.418 e. The zero-order valence-corrected chi connectivity index (χ0v) is 12.1. The van der Waals surface area contributed by atoms with E-state index in [9.17, 15) is 13.2 Å². The molecule has 1 aliphatic rings. The average molecular weight is 313 g/mol. The first-order chi connectivity index (χ1) is 9.86. The van der Waals surface area contributed by atoms with Gasteiger partial charge in [0.15, 0.2) is 5.11 Å². The van der Waals surface area contributed by atoms with Crippen molar-refractivity contribution in [3.8, 4) is 0 Å². The molecule has 7 heteroatoms. The van der Waals surface area contributed by atoms with Crippen LogP contribution in [-0.4, -0.2) is 10.8 Å². The third-order valence-electron chi connectivity index (χ3n) is 2.97. The van der Waals surface area contributed by atoms with Crippen LogP contribution in [0.3, 0.4) is 0 Å². The van der Waals surface area contributed by atoms with E-state index >= 15 is 0 Å². The highest BCUT2D eigenvalue weighted by molar-refractivity contribution is 7.80. The van der Waals surface area contributed by atoms with Crippen molar-refractivity contribution >= 4 is 28.7 Å². The molecule has 2 N–H and O–H groups in total. The predicted molar refractivity (Wildman–Crippen MR) is 81.2 cm³/mol. The number of thiocarbonyl (C=S) groups is 1. The van der Waals surface area contributed by atoms with Gasteiger partial charge in [-0.25, -0.2) is 0 Å². The molecule has 0 aliphatic heterocycles. The summed E-state index contributed by atoms with van der Waals surface area (Å²) in [6.45, 7) is 2.00. The number of halogens is 3. The Hall–Kier alpha value is -1.89. The number of para-hydroxylation sites is 1. The highest BCUT2D eigenvalue weighted by Crippen LogP contribution is 2.34. The van der Waals surface area contributed by atoms with Crippen LogP contribution in [0.15, 0.2) is 41.0 Å². The van der Waals surface area contributed by atoms with E-state index in [1.54, 1.807) is 0 Å². The largest absolute Gasteiger partial charge is 0.418 e. The van der Waals surface area contributed by atoms with Crippen LogP contribution in [0.2, 0.25) is 0 Å². The Balaban J connectivity index is 2.04. The SMILES string of the molecule is CC1=C/C(=N/NC(=S)Nc2ccccc2C(F)(F)F)CC1. The van der Waals surface area contributed by atoms with Crippen LogP contribution in [-0.2, 0) is 6.18 Å². The number of rotatable bonds is 2. The number of hydrogen-bond acceptors (Lipinski definition) is 2. The lowest BCUT2D eigenvalue weighted by atomic mass is 10.2. The second kappa shape index (κ2) is 6.26. The molecule has 1 aliphatic carbocycles. The molecule has 0 saturated heterocycles. The fourth-order valence-corrected chi connectivity index (χ4v) is 2.11. The monoisotopic (exact) mass is 313 g/mol. The summed E-state index contributed by atoms with van der Waals surface area (Å²) >= 11 is 4.97. The van der Waals surface area contributed by atoms with Gasteiger partial charge < -0.3 is 5.32 Å². The number of hydrogen-bond donors (Lipinski definition) is 2. The van der Waals surface area contributed by atoms with Crippen LogP contribution in [0.4, 0.5) is 18.9 Å². The van der Waals surface area contributed by atoms with Gasteiger partial charge in [0.05, 0.1) is 17.0 Å². The molecule has 0 bridgehead atoms. The topological polar surface area (TPSA) is 36.4 Å². The molecular weight excluding hydrogens is 299 g/mol. The molecule has 0 unspecified atom stereocenters. The van der Waals surface area contributed by atoms with Gasteiger partial charge in [0.1, 0.15) is 0 Å². The summed E-state index contributed by atoms with van der Waals surface area (Å²) in [6, 6.07) is 5.16. The van der Waals surface area contributed by atoms with Crippen LogP contribution in [0.25, 0.3) is 0 Å². The fourth-order valence-electron chi connectivity index (χ4n) is 1.95. The molecule has 0 amide bonds. The molecule has 0 spiro atoms. The fraction of sp³-hybridized carbons (Fsp3) is 0.286. The summed E-state index contributed by atoms with van der Waals surface area (Å²) in [6.07, 6.45) is -0.756. The van der Waals surface area contributed by atoms with E-state index in [-0.39, 0.29) is 10.8 Å². The number of anilines is 1. The van der Waals surface area contributed by atoms with Gasteiger partial charge in [0.2, 0.25) is 0 Å². The van der Waals surface area contributed by atoms with Gasteiger partial charge in [0.25, 0.3) is 0 Å². The lowest BCUT2D eigenvalue weighted by molar-refractivity contribution is -0.136. The standard InChI is InChI=1S/C14H14F3N3S/c1-9-6-7-10(8-9)19-20-13(21)18-12-5-3-2-4-11(12)14(15,16)17/h2-5,8H,6-7H2,1H3,(H2,18,20,21)/b19-10+. The van der Waals surface area contributed by atoms with Crippen LogP contribution in [0.1, 0.15) is 25.3 Å². The lowest BCUT2D eigenvalue weighted by Crippen LogP contribution is -2.26. The van der Waals surface area contributed by atoms with E-state index in [1.807, 2.05) is 13.0 Å². The summed E-state index contributed by atoms with van der Waals surface area (Å²) in [5.41, 5.74) is 3.76. The molecule has 0 saturated carbocycles. The summed E-state index contributed by atoms with van der Waals surface area (Å²) in [4.78, 5) is 0. The van der Waals surface area contributed by atoms with Crippen LogP contribution in [0.5, 0.6) is 0 Å². The molecule has 0 fully saturated rings. The zero-order chi connectivity index (χ0) is 15.5. The Morgan fingerprint density at radius 2 is 1.95 bits per heavy atom. The first-order valence-corrected chi connectivity index (χ1v) is 6.74. The Morgan fingerprint density at radius 3 is 2.57 bits per heavy atom. The second-order valence-corrected chi connectivity index (χ2v) is 5.11. The second-order valence-electron chi connectivity index (χ2n) is 4.70. The number of nitrogens with zero attached hydrogens (tertiary/aromatic N) is 1. The maximum atomic E-state index is 12.8. The average Bonchev–Trinajstić information content (AvgIpc) is 2.82. The van der Waals surface area contributed by atoms with E-state index in [2.05, 4.69) is 15.8 Å². The molecule has 2 rings (SSSR count). The van der Waals surface area contributed by atoms with Gasteiger partial charge in [0, 0.05) is 0 Å². The van der Waals surface area contributed by atoms with Gasteiger partial charge >= 0.3 is 6.18 Å². The van der Waals surface area contributed by atoms with E-state index in [4.69, 9.17) is 12.2 Å². The summed E-state index contributed by atoms with van der Waals surface area (Å²) in [5.74, 6) is 0. The first kappa shape index (κ1) is 15.5. The van der Waals surface area contributed by atoms with Crippen molar-refractivity contribution in [2.45, 2.75) is 25.9 Å². The van der Waals surface area contributed by atoms with Crippen molar-refractivity contribution in [2.75, 3.05) is 5.32 Å². The minimum Gasteiger partial charge on any atom is -0.331 e. The highest BCUT2D eigenvalue weighted by Gasteiger charge is 2.33. The number of allylic oxidation sites excluding steroid dienone is 2. The molecule has 0 aromatic heterocycles. The van der Waals surface area contributed by atoms with Gasteiger partial charge in [-0.15, -0.1) is 0 Å². The molecule has 0 atom stereocenters. The number of nitrogens with one attached hydrogen (secondary N) is 2. The third kappa shape index (κ3) is 4.29. The van der Waals surface area contributed by atoms with E-state index in [0.717, 1.165) is 24.6 Å². The number of hydrazone groups is 1. The minimum atomic E-state index is -4.43. The molecule has 1 aromatic carbocycles. The Bertz CT molecular complexity index is 606. The normalized spacial score (nSPS) is 16.8. The molecule has 112 valence electrons. The van der Waals surface area contributed by atoms with Crippen molar-refractivity contribution in [3.63, 3.8) is 0 Å². The van der Waals surface area contributed by atoms with Gasteiger partial charge in [-0.1, -0.05) is 17.7 Å². The van der Waals surface area contributed by atoms with E-state index in [1.165, 1.54) is 23.8 Å². The van der Waals surface area contributed by atoms with E-state index in [0.29, 0.717) is 0 Å². The number of alkyl halides is 3. The Kier molecular flexibility index (Phi) is 4.62. The Labute approximate surface area is 125 Å². The lowest BCUT2D eigenvalue weighted by Gasteiger charge is -2.14. The minimum absolute atomic E-state index is 0.0251. The Morgan fingerprint density at radius 1 is 1.24 bits per heavy atom. The third-order valence-corrected chi connectivity index (χ3v) is 3.16. The van der Waals surface area contributed by atoms with Crippen molar-refractivity contribution in [1.29, 1.82) is 0 Å². The predicted octanol–water partition coefficient (Wildman–Crippen LogP) is 4.09. The van der Waals surface area contributed by atoms with Crippen LogP contribution in [0, 0.1) is 0 Å². The molecule has 21 heavy (non-hydrogen) atoms. The molecule has 0 heterocycles. The van der Waals surface area contributed by atoms with Crippen LogP contribution >= 0.6 is 12.2 Å². The molecule has 0 radical (unpaired) electrons. The van der Waals surface area contributed by atoms with Gasteiger partial charge in [-0.05, 0) is 50.2 Å². The smallest absolute Gasteiger partial charge is 0.331 e. The highest BCUT2D eigenvalue weighted by atomic mass is 32.1. The van der Waals surface area contributed by atoms with Crippen molar-refractivity contribution in [3.05, 3.63) is 41.5 Å². The summed E-state index contributed by atoms with van der Waals surface area (Å²) < 4.78 is 38.5. The van der Waals surface area contributed by atoms with Gasteiger partial charge in [-0.2, -0.15) is 18.3 Å². The first-order valence-electron chi connectivity index (χ1n) is 6.33. The van der Waals surface area contributed by atoms with Gasteiger partial charge in [-0.3, -0.25) is 5.43 Å². The number of benzene rings is 1. The molecule has 3 nitrogen and oxygen atoms in total. The van der Waals surface area contributed by atoms with E-state index < -0.39 is 11.7 Å². The summed E-state index contributed by atoms with van der Waals surface area (Å²) in [5, 5.41) is 6.62. The molecule has 1 aromatic rings. The van der Waals surface area contributed by atoms with Crippen molar-refractivity contribution in [2.24, 2.45) is 5.10 Å². The maximum absolute atomic E-state index is 12.8. The molecular formula is C14H14F3N3S. The zero-order valence-electron chi connectivity index (χ0n) is 11.3. The quantitative estimate of drug-likeness (QED) is 0.638. The van der Waals surface area contributed by atoms with Crippen molar-refractivity contribution in [1.82, 2.24) is 5.43 Å². The van der Waals surface area contributed by atoms with Crippen LogP contribution < -0.4 is 10.7 Å².